The van der Waals surface area contributed by atoms with E-state index in [1.54, 1.807) is 0 Å². The van der Waals surface area contributed by atoms with Crippen LogP contribution in [0.4, 0.5) is 0 Å². The Labute approximate surface area is 167 Å². The third-order valence-electron chi connectivity index (χ3n) is 10.7. The van der Waals surface area contributed by atoms with Crippen molar-refractivity contribution in [1.82, 2.24) is 0 Å². The van der Waals surface area contributed by atoms with Gasteiger partial charge in [-0.05, 0) is 92.3 Å². The molecule has 4 aliphatic carbocycles. The zero-order chi connectivity index (χ0) is 19.5. The van der Waals surface area contributed by atoms with Crippen LogP contribution in [0, 0.1) is 34.5 Å². The number of rotatable bonds is 4. The number of aliphatic hydroxyl groups excluding tert-OH is 1. The summed E-state index contributed by atoms with van der Waals surface area (Å²) in [5.41, 5.74) is 15.2. The average Bonchev–Trinajstić information content (AvgIpc) is 2.99. The number of nitrogens with two attached hydrogens (primary N) is 2. The van der Waals surface area contributed by atoms with Crippen LogP contribution in [0.15, 0.2) is 0 Å². The Kier molecular flexibility index (Phi) is 5.01. The van der Waals surface area contributed by atoms with Gasteiger partial charge in [-0.1, -0.05) is 40.0 Å². The fourth-order valence-corrected chi connectivity index (χ4v) is 9.17. The van der Waals surface area contributed by atoms with Crippen LogP contribution in [0.25, 0.3) is 0 Å². The molecule has 0 saturated heterocycles. The summed E-state index contributed by atoms with van der Waals surface area (Å²) in [6.07, 6.45) is 14.7. The van der Waals surface area contributed by atoms with Crippen LogP contribution < -0.4 is 11.5 Å². The van der Waals surface area contributed by atoms with Gasteiger partial charge in [0.15, 0.2) is 0 Å². The minimum atomic E-state index is -0.211. The zero-order valence-electron chi connectivity index (χ0n) is 18.1. The molecule has 3 heteroatoms. The van der Waals surface area contributed by atoms with Gasteiger partial charge in [0.1, 0.15) is 0 Å². The van der Waals surface area contributed by atoms with E-state index in [1.807, 2.05) is 0 Å². The summed E-state index contributed by atoms with van der Waals surface area (Å²) >= 11 is 0. The number of hydrogen-bond acceptors (Lipinski definition) is 3. The fraction of sp³-hybridized carbons (Fsp3) is 1.00. The van der Waals surface area contributed by atoms with Gasteiger partial charge in [-0.25, -0.2) is 0 Å². The molecule has 27 heavy (non-hydrogen) atoms. The largest absolute Gasteiger partial charge is 0.396 e. The summed E-state index contributed by atoms with van der Waals surface area (Å²) in [6, 6.07) is 0. The third-order valence-corrected chi connectivity index (χ3v) is 10.7. The van der Waals surface area contributed by atoms with E-state index in [1.165, 1.54) is 51.4 Å². The predicted octanol–water partition coefficient (Wildman–Crippen LogP) is 4.61. The normalized spacial score (nSPS) is 54.9. The zero-order valence-corrected chi connectivity index (χ0v) is 18.1. The Balaban J connectivity index is 1.73. The molecule has 0 spiro atoms. The van der Waals surface area contributed by atoms with Gasteiger partial charge < -0.3 is 16.6 Å². The summed E-state index contributed by atoms with van der Waals surface area (Å²) < 4.78 is 0. The van der Waals surface area contributed by atoms with Gasteiger partial charge >= 0.3 is 0 Å². The van der Waals surface area contributed by atoms with Gasteiger partial charge in [-0.2, -0.15) is 0 Å². The molecule has 6 unspecified atom stereocenters. The number of aliphatic hydroxyl groups is 1. The van der Waals surface area contributed by atoms with Crippen molar-refractivity contribution in [2.24, 2.45) is 46.0 Å². The third kappa shape index (κ3) is 2.50. The van der Waals surface area contributed by atoms with Gasteiger partial charge in [0.25, 0.3) is 0 Å². The molecule has 0 radical (unpaired) electrons. The first-order valence-electron chi connectivity index (χ1n) is 12.0. The van der Waals surface area contributed by atoms with Crippen molar-refractivity contribution in [2.75, 3.05) is 6.61 Å². The first kappa shape index (κ1) is 20.2. The highest BCUT2D eigenvalue weighted by Gasteiger charge is 2.72. The maximum atomic E-state index is 9.37. The minimum absolute atomic E-state index is 0.202. The maximum absolute atomic E-state index is 9.37. The lowest BCUT2D eigenvalue weighted by atomic mass is 9.37. The molecule has 0 aromatic rings. The van der Waals surface area contributed by atoms with Gasteiger partial charge in [0, 0.05) is 17.7 Å². The summed E-state index contributed by atoms with van der Waals surface area (Å²) in [5, 5.41) is 9.37. The van der Waals surface area contributed by atoms with E-state index >= 15 is 0 Å². The number of hydrogen-bond donors (Lipinski definition) is 3. The van der Waals surface area contributed by atoms with E-state index < -0.39 is 0 Å². The average molecular weight is 377 g/mol. The smallest absolute Gasteiger partial charge is 0.0431 e. The summed E-state index contributed by atoms with van der Waals surface area (Å²) in [4.78, 5) is 0. The number of fused-ring (bicyclic) bond motifs is 5. The second-order valence-electron chi connectivity index (χ2n) is 11.4. The molecule has 4 rings (SSSR count). The Morgan fingerprint density at radius 3 is 2.48 bits per heavy atom. The second kappa shape index (κ2) is 6.71. The van der Waals surface area contributed by atoms with E-state index in [2.05, 4.69) is 20.8 Å². The van der Waals surface area contributed by atoms with Crippen molar-refractivity contribution in [3.63, 3.8) is 0 Å². The van der Waals surface area contributed by atoms with E-state index in [0.717, 1.165) is 43.4 Å². The molecule has 0 bridgehead atoms. The maximum Gasteiger partial charge on any atom is 0.0431 e. The molecule has 4 fully saturated rings. The van der Waals surface area contributed by atoms with Crippen LogP contribution in [0.1, 0.15) is 97.8 Å². The Morgan fingerprint density at radius 1 is 1.00 bits per heavy atom. The van der Waals surface area contributed by atoms with Crippen LogP contribution in [0.5, 0.6) is 0 Å². The first-order valence-corrected chi connectivity index (χ1v) is 12.0. The molecule has 5 N–H and O–H groups in total. The van der Waals surface area contributed by atoms with E-state index in [-0.39, 0.29) is 16.5 Å². The molecule has 0 aliphatic heterocycles. The van der Waals surface area contributed by atoms with E-state index in [4.69, 9.17) is 11.5 Å². The van der Waals surface area contributed by atoms with Gasteiger partial charge in [0.05, 0.1) is 0 Å². The van der Waals surface area contributed by atoms with Gasteiger partial charge in [-0.15, -0.1) is 0 Å². The van der Waals surface area contributed by atoms with Crippen molar-refractivity contribution in [1.29, 1.82) is 0 Å². The van der Waals surface area contributed by atoms with Crippen LogP contribution in [-0.4, -0.2) is 22.8 Å². The van der Waals surface area contributed by atoms with Crippen molar-refractivity contribution < 1.29 is 5.11 Å². The highest BCUT2D eigenvalue weighted by Crippen LogP contribution is 2.70. The molecular formula is C24H44N2O. The summed E-state index contributed by atoms with van der Waals surface area (Å²) in [6.45, 7) is 7.76. The standard InChI is InChI=1S/C24H44N2O/c1-4-17-16-23(25)20-11-10-18(8-7-15-27)21(20,2)13-14-24(23,26)22(3)12-6-5-9-19(17)22/h17-20,27H,4-16,25-26H2,1-3H3/t17-,18?,19?,20?,21?,22?,23?,24-/m0/s1. The van der Waals surface area contributed by atoms with E-state index in [0.29, 0.717) is 17.9 Å². The second-order valence-corrected chi connectivity index (χ2v) is 11.4. The van der Waals surface area contributed by atoms with Crippen LogP contribution >= 0.6 is 0 Å². The quantitative estimate of drug-likeness (QED) is 0.671. The highest BCUT2D eigenvalue weighted by molar-refractivity contribution is 5.28. The van der Waals surface area contributed by atoms with Crippen LogP contribution in [-0.2, 0) is 0 Å². The minimum Gasteiger partial charge on any atom is -0.396 e. The lowest BCUT2D eigenvalue weighted by Gasteiger charge is -2.72. The Morgan fingerprint density at radius 2 is 1.78 bits per heavy atom. The SMILES string of the molecule is CC[C@H]1CC2(N)C3CCC(CCCO)C3(C)CC[C@]2(N)C2(C)CCCCC12. The molecule has 4 saturated carbocycles. The summed E-state index contributed by atoms with van der Waals surface area (Å²) in [7, 11) is 0. The lowest BCUT2D eigenvalue weighted by Crippen LogP contribution is -2.83. The molecule has 3 nitrogen and oxygen atoms in total. The molecule has 8 atom stereocenters. The molecular weight excluding hydrogens is 332 g/mol. The molecule has 0 heterocycles. The van der Waals surface area contributed by atoms with Crippen molar-refractivity contribution in [2.45, 2.75) is 109 Å². The Bertz CT molecular complexity index is 567. The summed E-state index contributed by atoms with van der Waals surface area (Å²) in [5.74, 6) is 2.79. The Hall–Kier alpha value is -0.120. The van der Waals surface area contributed by atoms with Crippen molar-refractivity contribution in [3.8, 4) is 0 Å². The van der Waals surface area contributed by atoms with Crippen LogP contribution in [0.2, 0.25) is 0 Å². The molecule has 0 aromatic carbocycles. The highest BCUT2D eigenvalue weighted by atomic mass is 16.2. The van der Waals surface area contributed by atoms with Gasteiger partial charge in [-0.3, -0.25) is 0 Å². The van der Waals surface area contributed by atoms with Crippen LogP contribution in [0.3, 0.4) is 0 Å². The molecule has 156 valence electrons. The lowest BCUT2D eigenvalue weighted by molar-refractivity contribution is -0.165. The molecule has 4 aliphatic rings. The molecule has 0 amide bonds. The van der Waals surface area contributed by atoms with Crippen molar-refractivity contribution >= 4 is 0 Å². The monoisotopic (exact) mass is 376 g/mol. The van der Waals surface area contributed by atoms with Crippen molar-refractivity contribution in [3.05, 3.63) is 0 Å². The first-order chi connectivity index (χ1) is 12.8. The molecule has 0 aromatic heterocycles. The topological polar surface area (TPSA) is 72.3 Å². The van der Waals surface area contributed by atoms with Gasteiger partial charge in [0.2, 0.25) is 0 Å². The fourth-order valence-electron chi connectivity index (χ4n) is 9.17. The predicted molar refractivity (Wildman–Crippen MR) is 112 cm³/mol. The van der Waals surface area contributed by atoms with E-state index in [9.17, 15) is 5.11 Å².